The lowest BCUT2D eigenvalue weighted by Gasteiger charge is -2.19. The van der Waals surface area contributed by atoms with E-state index in [-0.39, 0.29) is 0 Å². The highest BCUT2D eigenvalue weighted by Gasteiger charge is 2.22. The summed E-state index contributed by atoms with van der Waals surface area (Å²) in [6.45, 7) is 11.4. The minimum absolute atomic E-state index is 0.334. The van der Waals surface area contributed by atoms with Gasteiger partial charge in [-0.15, -0.1) is 0 Å². The first-order valence-electron chi connectivity index (χ1n) is 8.96. The third kappa shape index (κ3) is 4.10. The third-order valence-corrected chi connectivity index (χ3v) is 4.57. The molecule has 0 saturated carbocycles. The number of rotatable bonds is 3. The lowest BCUT2D eigenvalue weighted by Crippen LogP contribution is -2.15. The van der Waals surface area contributed by atoms with Gasteiger partial charge in [0.05, 0.1) is 11.3 Å². The Kier molecular flexibility index (Phi) is 6.37. The van der Waals surface area contributed by atoms with Gasteiger partial charge in [-0.1, -0.05) is 19.9 Å². The third-order valence-electron chi connectivity index (χ3n) is 4.57. The molecule has 1 aliphatic rings. The van der Waals surface area contributed by atoms with E-state index >= 15 is 0 Å². The smallest absolute Gasteiger partial charge is 0.335 e. The first-order valence-corrected chi connectivity index (χ1v) is 8.96. The number of nitrogens with zero attached hydrogens (tertiary/aromatic N) is 1. The lowest BCUT2D eigenvalue weighted by molar-refractivity contribution is 0.0696. The van der Waals surface area contributed by atoms with Crippen LogP contribution in [0.3, 0.4) is 0 Å². The van der Waals surface area contributed by atoms with Crippen LogP contribution in [0.5, 0.6) is 0 Å². The number of aromatic amines is 1. The quantitative estimate of drug-likeness (QED) is 0.852. The van der Waals surface area contributed by atoms with Gasteiger partial charge in [-0.2, -0.15) is 0 Å². The molecule has 2 aromatic rings. The molecule has 0 spiro atoms. The molecule has 136 valence electrons. The summed E-state index contributed by atoms with van der Waals surface area (Å²) < 4.78 is 5.41. The molecule has 1 aromatic carbocycles. The number of carboxylic acid groups (broad SMARTS) is 1. The van der Waals surface area contributed by atoms with Crippen LogP contribution in [-0.4, -0.2) is 34.3 Å². The average molecular weight is 344 g/mol. The Labute approximate surface area is 149 Å². The molecule has 5 heteroatoms. The van der Waals surface area contributed by atoms with Gasteiger partial charge in [0.15, 0.2) is 0 Å². The highest BCUT2D eigenvalue weighted by atomic mass is 16.5. The molecule has 1 saturated heterocycles. The molecule has 0 unspecified atom stereocenters. The summed E-state index contributed by atoms with van der Waals surface area (Å²) in [6, 6.07) is 3.66. The first kappa shape index (κ1) is 19.2. The van der Waals surface area contributed by atoms with Crippen LogP contribution in [0.4, 0.5) is 0 Å². The maximum Gasteiger partial charge on any atom is 0.335 e. The van der Waals surface area contributed by atoms with Gasteiger partial charge in [0.1, 0.15) is 5.82 Å². The van der Waals surface area contributed by atoms with Gasteiger partial charge in [0, 0.05) is 30.4 Å². The number of aromatic carboxylic acids is 1. The minimum atomic E-state index is -0.901. The standard InChI is InChI=1S/C18H22N2O3.C2H6/c1-10-8-11(2)15(18(21)22)9-14(10)16-12(3)19-17(20-16)13-4-6-23-7-5-13;1-2/h8-9,13H,4-7H2,1-3H3,(H,19,20)(H,21,22);1-2H3. The molecule has 1 fully saturated rings. The van der Waals surface area contributed by atoms with Crippen LogP contribution in [0.15, 0.2) is 12.1 Å². The second-order valence-electron chi connectivity index (χ2n) is 6.27. The molecule has 2 N–H and O–H groups in total. The Balaban J connectivity index is 0.00000109. The number of H-pyrrole nitrogens is 1. The van der Waals surface area contributed by atoms with Gasteiger partial charge in [-0.25, -0.2) is 9.78 Å². The lowest BCUT2D eigenvalue weighted by atomic mass is 9.97. The zero-order chi connectivity index (χ0) is 18.6. The number of aryl methyl sites for hydroxylation is 3. The van der Waals surface area contributed by atoms with Gasteiger partial charge in [0.25, 0.3) is 0 Å². The van der Waals surface area contributed by atoms with Gasteiger partial charge in [0.2, 0.25) is 0 Å². The highest BCUT2D eigenvalue weighted by molar-refractivity contribution is 5.91. The van der Waals surface area contributed by atoms with Crippen molar-refractivity contribution in [2.24, 2.45) is 0 Å². The summed E-state index contributed by atoms with van der Waals surface area (Å²) in [5, 5.41) is 9.36. The number of benzene rings is 1. The Hall–Kier alpha value is -2.14. The van der Waals surface area contributed by atoms with Crippen molar-refractivity contribution in [3.05, 3.63) is 40.3 Å². The van der Waals surface area contributed by atoms with Crippen LogP contribution < -0.4 is 0 Å². The Morgan fingerprint density at radius 3 is 2.40 bits per heavy atom. The van der Waals surface area contributed by atoms with E-state index in [1.165, 1.54) is 0 Å². The van der Waals surface area contributed by atoms with Gasteiger partial charge < -0.3 is 14.8 Å². The van der Waals surface area contributed by atoms with Crippen molar-refractivity contribution in [2.75, 3.05) is 13.2 Å². The molecule has 5 nitrogen and oxygen atoms in total. The number of nitrogens with one attached hydrogen (secondary N) is 1. The Bertz CT molecular complexity index is 744. The van der Waals surface area contributed by atoms with Crippen LogP contribution in [0.1, 0.15) is 65.6 Å². The largest absolute Gasteiger partial charge is 0.478 e. The number of carboxylic acids is 1. The molecule has 0 radical (unpaired) electrons. The molecule has 0 bridgehead atoms. The molecule has 3 rings (SSSR count). The Morgan fingerprint density at radius 1 is 1.16 bits per heavy atom. The monoisotopic (exact) mass is 344 g/mol. The van der Waals surface area contributed by atoms with Crippen LogP contribution in [0.2, 0.25) is 0 Å². The van der Waals surface area contributed by atoms with Gasteiger partial charge in [-0.05, 0) is 50.8 Å². The summed E-state index contributed by atoms with van der Waals surface area (Å²) in [5.41, 5.74) is 4.87. The average Bonchev–Trinajstić information content (AvgIpc) is 2.99. The van der Waals surface area contributed by atoms with E-state index in [0.29, 0.717) is 11.5 Å². The van der Waals surface area contributed by atoms with E-state index in [1.54, 1.807) is 6.07 Å². The van der Waals surface area contributed by atoms with Crippen LogP contribution in [0.25, 0.3) is 11.3 Å². The van der Waals surface area contributed by atoms with Crippen molar-refractivity contribution in [2.45, 2.75) is 53.4 Å². The van der Waals surface area contributed by atoms with Crippen molar-refractivity contribution in [1.82, 2.24) is 9.97 Å². The zero-order valence-electron chi connectivity index (χ0n) is 15.8. The summed E-state index contributed by atoms with van der Waals surface area (Å²) in [4.78, 5) is 19.6. The van der Waals surface area contributed by atoms with Crippen LogP contribution in [0, 0.1) is 20.8 Å². The summed E-state index contributed by atoms with van der Waals surface area (Å²) in [5.74, 6) is 0.472. The fraction of sp³-hybridized carbons (Fsp3) is 0.500. The molecule has 0 amide bonds. The van der Waals surface area contributed by atoms with Gasteiger partial charge in [-0.3, -0.25) is 0 Å². The number of aromatic nitrogens is 2. The van der Waals surface area contributed by atoms with E-state index in [0.717, 1.165) is 60.0 Å². The molecule has 1 aromatic heterocycles. The number of imidazole rings is 1. The van der Waals surface area contributed by atoms with E-state index < -0.39 is 5.97 Å². The second kappa shape index (κ2) is 8.30. The predicted octanol–water partition coefficient (Wildman–Crippen LogP) is 4.62. The van der Waals surface area contributed by atoms with E-state index in [1.807, 2.05) is 40.7 Å². The number of hydrogen-bond donors (Lipinski definition) is 2. The molecule has 25 heavy (non-hydrogen) atoms. The maximum absolute atomic E-state index is 11.4. The molecule has 0 aliphatic carbocycles. The normalized spacial score (nSPS) is 14.8. The van der Waals surface area contributed by atoms with E-state index in [9.17, 15) is 9.90 Å². The second-order valence-corrected chi connectivity index (χ2v) is 6.27. The molecule has 1 aliphatic heterocycles. The predicted molar refractivity (Wildman–Crippen MR) is 99.3 cm³/mol. The summed E-state index contributed by atoms with van der Waals surface area (Å²) in [7, 11) is 0. The molecule has 2 heterocycles. The first-order chi connectivity index (χ1) is 12.0. The SMILES string of the molecule is CC.Cc1cc(C)c(-c2nc(C3CCOCC3)[nH]c2C)cc1C(=O)O. The molecular weight excluding hydrogens is 316 g/mol. The van der Waals surface area contributed by atoms with Crippen molar-refractivity contribution in [3.8, 4) is 11.3 Å². The summed E-state index contributed by atoms with van der Waals surface area (Å²) >= 11 is 0. The minimum Gasteiger partial charge on any atom is -0.478 e. The molecular formula is C20H28N2O3. The number of hydrogen-bond acceptors (Lipinski definition) is 3. The van der Waals surface area contributed by atoms with Crippen LogP contribution >= 0.6 is 0 Å². The van der Waals surface area contributed by atoms with Crippen molar-refractivity contribution in [1.29, 1.82) is 0 Å². The fourth-order valence-electron chi connectivity index (χ4n) is 3.25. The van der Waals surface area contributed by atoms with Crippen molar-refractivity contribution < 1.29 is 14.6 Å². The van der Waals surface area contributed by atoms with E-state index in [2.05, 4.69) is 4.98 Å². The van der Waals surface area contributed by atoms with Crippen molar-refractivity contribution >= 4 is 5.97 Å². The summed E-state index contributed by atoms with van der Waals surface area (Å²) in [6.07, 6.45) is 1.94. The maximum atomic E-state index is 11.4. The van der Waals surface area contributed by atoms with E-state index in [4.69, 9.17) is 9.72 Å². The highest BCUT2D eigenvalue weighted by Crippen LogP contribution is 2.31. The van der Waals surface area contributed by atoms with Crippen LogP contribution in [-0.2, 0) is 4.74 Å². The number of ether oxygens (including phenoxy) is 1. The van der Waals surface area contributed by atoms with Crippen molar-refractivity contribution in [3.63, 3.8) is 0 Å². The topological polar surface area (TPSA) is 75.2 Å². The Morgan fingerprint density at radius 2 is 1.80 bits per heavy atom. The van der Waals surface area contributed by atoms with Gasteiger partial charge >= 0.3 is 5.97 Å². The number of carbonyl (C=O) groups is 1. The fourth-order valence-corrected chi connectivity index (χ4v) is 3.25. The zero-order valence-corrected chi connectivity index (χ0v) is 15.8. The molecule has 0 atom stereocenters.